The molecule has 1 amide bonds. The maximum absolute atomic E-state index is 12.0. The second kappa shape index (κ2) is 9.74. The Hall–Kier alpha value is -0.570. The van der Waals surface area contributed by atoms with E-state index in [1.54, 1.807) is 0 Å². The fourth-order valence-corrected chi connectivity index (χ4v) is 8.68. The molecule has 9 atom stereocenters. The van der Waals surface area contributed by atoms with Crippen LogP contribution in [-0.4, -0.2) is 23.2 Å². The van der Waals surface area contributed by atoms with E-state index in [4.69, 9.17) is 0 Å². The molecule has 0 radical (unpaired) electrons. The van der Waals surface area contributed by atoms with E-state index in [9.17, 15) is 9.90 Å². The average Bonchev–Trinajstić information content (AvgIpc) is 3.08. The van der Waals surface area contributed by atoms with Crippen molar-refractivity contribution in [3.8, 4) is 0 Å². The summed E-state index contributed by atoms with van der Waals surface area (Å²) in [5, 5.41) is 14.5. The van der Waals surface area contributed by atoms with Crippen molar-refractivity contribution in [2.75, 3.05) is 0 Å². The lowest BCUT2D eigenvalue weighted by atomic mass is 9.46. The zero-order valence-electron chi connectivity index (χ0n) is 21.5. The average molecular weight is 434 g/mol. The van der Waals surface area contributed by atoms with Crippen LogP contribution in [0.5, 0.6) is 0 Å². The smallest absolute Gasteiger partial charge is 0.220 e. The van der Waals surface area contributed by atoms with Crippen molar-refractivity contribution in [3.63, 3.8) is 0 Å². The highest BCUT2D eigenvalue weighted by atomic mass is 16.3. The summed E-state index contributed by atoms with van der Waals surface area (Å²) >= 11 is 0. The van der Waals surface area contributed by atoms with Crippen LogP contribution in [0, 0.1) is 46.3 Å². The summed E-state index contributed by atoms with van der Waals surface area (Å²) in [4.78, 5) is 12.0. The van der Waals surface area contributed by atoms with Gasteiger partial charge in [-0.15, -0.1) is 0 Å². The van der Waals surface area contributed by atoms with Gasteiger partial charge in [0, 0.05) is 12.5 Å². The molecule has 1 heterocycles. The number of carbonyl (C=O) groups is 1. The van der Waals surface area contributed by atoms with E-state index >= 15 is 0 Å². The Balaban J connectivity index is 0.00000132. The van der Waals surface area contributed by atoms with Gasteiger partial charge in [-0.1, -0.05) is 67.7 Å². The van der Waals surface area contributed by atoms with Crippen LogP contribution in [0.2, 0.25) is 0 Å². The predicted octanol–water partition coefficient (Wildman–Crippen LogP) is 6.58. The molecule has 1 saturated heterocycles. The van der Waals surface area contributed by atoms with Crippen molar-refractivity contribution < 1.29 is 9.90 Å². The first kappa shape index (κ1) is 25.1. The Morgan fingerprint density at radius 2 is 1.68 bits per heavy atom. The molecule has 4 aliphatic rings. The third-order valence-corrected chi connectivity index (χ3v) is 10.3. The monoisotopic (exact) mass is 433 g/mol. The van der Waals surface area contributed by atoms with Gasteiger partial charge in [0.2, 0.25) is 5.91 Å². The van der Waals surface area contributed by atoms with E-state index in [2.05, 4.69) is 39.9 Å². The molecule has 0 aromatic rings. The number of amides is 1. The lowest BCUT2D eigenvalue weighted by Crippen LogP contribution is -2.64. The van der Waals surface area contributed by atoms with Crippen molar-refractivity contribution in [1.82, 2.24) is 5.32 Å². The molecule has 0 bridgehead atoms. The standard InChI is InChI=1S/C26H45NO2.C2H6/c1-16(2)7-6-8-17(3)18-9-10-19-24-20(11-13-25(18,19)4)26(5)14-12-23(29)27-22(26)15-21(24)28;1-2/h16-22,24,28H,6-15H2,1-5H3,(H,27,29);1-2H3/t17?,18?,19?,20?,21?,22?,24?,25-,26-;/m1./s1. The minimum atomic E-state index is -0.240. The molecular formula is C28H51NO2. The normalized spacial score (nSPS) is 45.0. The number of aliphatic hydroxyl groups is 1. The second-order valence-corrected chi connectivity index (χ2v) is 12.2. The zero-order chi connectivity index (χ0) is 23.0. The van der Waals surface area contributed by atoms with Crippen LogP contribution >= 0.6 is 0 Å². The molecule has 7 unspecified atom stereocenters. The quantitative estimate of drug-likeness (QED) is 0.514. The highest BCUT2D eigenvalue weighted by Gasteiger charge is 2.63. The Kier molecular flexibility index (Phi) is 7.87. The minimum absolute atomic E-state index is 0.177. The van der Waals surface area contributed by atoms with Crippen LogP contribution in [0.3, 0.4) is 0 Å². The molecule has 31 heavy (non-hydrogen) atoms. The van der Waals surface area contributed by atoms with Crippen molar-refractivity contribution >= 4 is 5.91 Å². The number of hydrogen-bond donors (Lipinski definition) is 2. The van der Waals surface area contributed by atoms with Gasteiger partial charge in [-0.25, -0.2) is 0 Å². The molecule has 2 N–H and O–H groups in total. The Morgan fingerprint density at radius 3 is 2.35 bits per heavy atom. The lowest BCUT2D eigenvalue weighted by molar-refractivity contribution is -0.159. The number of rotatable bonds is 5. The maximum Gasteiger partial charge on any atom is 0.220 e. The van der Waals surface area contributed by atoms with E-state index < -0.39 is 0 Å². The predicted molar refractivity (Wildman–Crippen MR) is 130 cm³/mol. The summed E-state index contributed by atoms with van der Waals surface area (Å²) < 4.78 is 0. The number of carbonyl (C=O) groups excluding carboxylic acids is 1. The number of fused-ring (bicyclic) bond motifs is 5. The molecule has 4 rings (SSSR count). The van der Waals surface area contributed by atoms with E-state index in [0.29, 0.717) is 29.6 Å². The largest absolute Gasteiger partial charge is 0.393 e. The molecule has 180 valence electrons. The van der Waals surface area contributed by atoms with Crippen molar-refractivity contribution in [2.45, 2.75) is 125 Å². The Morgan fingerprint density at radius 1 is 1.00 bits per heavy atom. The van der Waals surface area contributed by atoms with Crippen LogP contribution in [0.1, 0.15) is 113 Å². The third kappa shape index (κ3) is 4.46. The van der Waals surface area contributed by atoms with Gasteiger partial charge < -0.3 is 10.4 Å². The number of nitrogens with one attached hydrogen (secondary N) is 1. The van der Waals surface area contributed by atoms with Gasteiger partial charge in [0.25, 0.3) is 0 Å². The van der Waals surface area contributed by atoms with Crippen molar-refractivity contribution in [2.24, 2.45) is 46.3 Å². The lowest BCUT2D eigenvalue weighted by Gasteiger charge is -2.61. The molecule has 3 saturated carbocycles. The van der Waals surface area contributed by atoms with E-state index in [1.807, 2.05) is 13.8 Å². The van der Waals surface area contributed by atoms with Gasteiger partial charge in [0.1, 0.15) is 0 Å². The van der Waals surface area contributed by atoms with Gasteiger partial charge in [-0.05, 0) is 84.9 Å². The van der Waals surface area contributed by atoms with Crippen molar-refractivity contribution in [1.29, 1.82) is 0 Å². The first-order chi connectivity index (χ1) is 14.7. The minimum Gasteiger partial charge on any atom is -0.393 e. The van der Waals surface area contributed by atoms with Gasteiger partial charge in [-0.3, -0.25) is 4.79 Å². The van der Waals surface area contributed by atoms with Gasteiger partial charge in [0.15, 0.2) is 0 Å². The summed E-state index contributed by atoms with van der Waals surface area (Å²) in [5.41, 5.74) is 0.584. The van der Waals surface area contributed by atoms with Crippen molar-refractivity contribution in [3.05, 3.63) is 0 Å². The van der Waals surface area contributed by atoms with Gasteiger partial charge in [-0.2, -0.15) is 0 Å². The molecule has 1 aliphatic heterocycles. The van der Waals surface area contributed by atoms with Crippen LogP contribution in [0.25, 0.3) is 0 Å². The summed E-state index contributed by atoms with van der Waals surface area (Å²) in [6.07, 6.45) is 11.5. The summed E-state index contributed by atoms with van der Waals surface area (Å²) in [7, 11) is 0. The SMILES string of the molecule is CC.CC(C)CCCC(C)C1CCC2C3C(O)CC4NC(=O)CC[C@]4(C)C3CC[C@]12C. The fraction of sp³-hybridized carbons (Fsp3) is 0.964. The number of aliphatic hydroxyl groups excluding tert-OH is 1. The summed E-state index contributed by atoms with van der Waals surface area (Å²) in [6, 6.07) is 0.177. The van der Waals surface area contributed by atoms with Crippen LogP contribution < -0.4 is 5.32 Å². The Bertz CT molecular complexity index is 618. The molecule has 3 aliphatic carbocycles. The number of hydrogen-bond acceptors (Lipinski definition) is 2. The van der Waals surface area contributed by atoms with Gasteiger partial charge >= 0.3 is 0 Å². The van der Waals surface area contributed by atoms with Crippen LogP contribution in [0.4, 0.5) is 0 Å². The zero-order valence-corrected chi connectivity index (χ0v) is 21.5. The van der Waals surface area contributed by atoms with E-state index in [0.717, 1.165) is 30.6 Å². The molecule has 0 aromatic heterocycles. The summed E-state index contributed by atoms with van der Waals surface area (Å²) in [5.74, 6) is 4.32. The van der Waals surface area contributed by atoms with Crippen LogP contribution in [0.15, 0.2) is 0 Å². The highest BCUT2D eigenvalue weighted by Crippen LogP contribution is 2.66. The molecular weight excluding hydrogens is 382 g/mol. The third-order valence-electron chi connectivity index (χ3n) is 10.3. The maximum atomic E-state index is 12.0. The second-order valence-electron chi connectivity index (χ2n) is 12.2. The first-order valence-corrected chi connectivity index (χ1v) is 13.6. The number of piperidine rings is 1. The fourth-order valence-electron chi connectivity index (χ4n) is 8.68. The topological polar surface area (TPSA) is 49.3 Å². The molecule has 3 nitrogen and oxygen atoms in total. The van der Waals surface area contributed by atoms with E-state index in [1.165, 1.54) is 44.9 Å². The molecule has 0 aromatic carbocycles. The molecule has 4 fully saturated rings. The molecule has 0 spiro atoms. The van der Waals surface area contributed by atoms with Crippen LogP contribution in [-0.2, 0) is 4.79 Å². The molecule has 3 heteroatoms. The first-order valence-electron chi connectivity index (χ1n) is 13.6. The highest BCUT2D eigenvalue weighted by molar-refractivity contribution is 5.77. The van der Waals surface area contributed by atoms with Gasteiger partial charge in [0.05, 0.1) is 6.10 Å². The Labute approximate surface area is 192 Å². The summed E-state index contributed by atoms with van der Waals surface area (Å²) in [6.45, 7) is 16.2. The van der Waals surface area contributed by atoms with E-state index in [-0.39, 0.29) is 23.5 Å².